The molecule has 3 N–H and O–H groups in total. The summed E-state index contributed by atoms with van der Waals surface area (Å²) in [5.74, 6) is -0.737. The van der Waals surface area contributed by atoms with Gasteiger partial charge in [-0.05, 0) is 29.6 Å². The maximum atomic E-state index is 12.8. The van der Waals surface area contributed by atoms with Crippen molar-refractivity contribution in [2.24, 2.45) is 5.73 Å². The number of nitrogens with zero attached hydrogens (tertiary/aromatic N) is 1. The number of anilines is 1. The number of carbonyl (C=O) groups is 1. The van der Waals surface area contributed by atoms with Crippen LogP contribution in [0.15, 0.2) is 80.8 Å². The Morgan fingerprint density at radius 1 is 1.03 bits per heavy atom. The summed E-state index contributed by atoms with van der Waals surface area (Å²) in [4.78, 5) is 12.0. The lowest BCUT2D eigenvalue weighted by Crippen LogP contribution is -2.14. The highest BCUT2D eigenvalue weighted by molar-refractivity contribution is 7.92. The molecule has 7 nitrogen and oxygen atoms in total. The number of hydrogen-bond acceptors (Lipinski definition) is 6. The normalized spacial score (nSPS) is 11.3. The Morgan fingerprint density at radius 3 is 2.45 bits per heavy atom. The van der Waals surface area contributed by atoms with Crippen molar-refractivity contribution >= 4 is 33.2 Å². The number of aromatic nitrogens is 1. The van der Waals surface area contributed by atoms with Crippen LogP contribution < -0.4 is 10.5 Å². The minimum absolute atomic E-state index is 0.0719. The molecule has 0 bridgehead atoms. The van der Waals surface area contributed by atoms with E-state index in [0.29, 0.717) is 16.8 Å². The van der Waals surface area contributed by atoms with Gasteiger partial charge in [-0.3, -0.25) is 4.79 Å². The zero-order valence-electron chi connectivity index (χ0n) is 14.9. The van der Waals surface area contributed by atoms with Crippen LogP contribution in [0.3, 0.4) is 0 Å². The molecule has 0 aliphatic rings. The van der Waals surface area contributed by atoms with Gasteiger partial charge < -0.3 is 10.3 Å². The summed E-state index contributed by atoms with van der Waals surface area (Å²) in [5, 5.41) is 7.78. The first-order chi connectivity index (χ1) is 14.0. The Morgan fingerprint density at radius 2 is 1.76 bits per heavy atom. The molecule has 1 amide bonds. The summed E-state index contributed by atoms with van der Waals surface area (Å²) >= 11 is 1.46. The van der Waals surface area contributed by atoms with Crippen LogP contribution in [0.4, 0.5) is 5.88 Å². The fraction of sp³-hybridized carbons (Fsp3) is 0. The molecule has 9 heteroatoms. The van der Waals surface area contributed by atoms with E-state index in [9.17, 15) is 13.2 Å². The van der Waals surface area contributed by atoms with Crippen LogP contribution in [-0.4, -0.2) is 19.5 Å². The van der Waals surface area contributed by atoms with E-state index >= 15 is 0 Å². The molecule has 0 saturated heterocycles. The van der Waals surface area contributed by atoms with Crippen LogP contribution in [0.2, 0.25) is 0 Å². The number of primary amides is 1. The predicted molar refractivity (Wildman–Crippen MR) is 111 cm³/mol. The molecule has 2 aromatic carbocycles. The van der Waals surface area contributed by atoms with Gasteiger partial charge in [0.1, 0.15) is 5.69 Å². The number of sulfonamides is 1. The van der Waals surface area contributed by atoms with Crippen molar-refractivity contribution in [1.82, 2.24) is 5.16 Å². The van der Waals surface area contributed by atoms with Gasteiger partial charge in [0.25, 0.3) is 10.0 Å². The molecule has 4 aromatic rings. The Hall–Kier alpha value is -3.43. The van der Waals surface area contributed by atoms with Crippen LogP contribution in [0.1, 0.15) is 10.4 Å². The molecule has 146 valence electrons. The van der Waals surface area contributed by atoms with Crippen LogP contribution in [0, 0.1) is 0 Å². The van der Waals surface area contributed by atoms with E-state index in [2.05, 4.69) is 9.88 Å². The second-order valence-corrected chi connectivity index (χ2v) is 8.54. The summed E-state index contributed by atoms with van der Waals surface area (Å²) < 4.78 is 33.4. The van der Waals surface area contributed by atoms with Gasteiger partial charge in [0.05, 0.1) is 10.5 Å². The number of hydrogen-bond donors (Lipinski definition) is 2. The highest BCUT2D eigenvalue weighted by Gasteiger charge is 2.26. The minimum Gasteiger partial charge on any atom is -0.366 e. The number of benzene rings is 2. The van der Waals surface area contributed by atoms with Crippen molar-refractivity contribution in [3.8, 4) is 22.4 Å². The van der Waals surface area contributed by atoms with E-state index in [0.717, 1.165) is 5.56 Å². The molecule has 29 heavy (non-hydrogen) atoms. The largest absolute Gasteiger partial charge is 0.366 e. The molecule has 2 aromatic heterocycles. The lowest BCUT2D eigenvalue weighted by molar-refractivity contribution is 0.100. The van der Waals surface area contributed by atoms with Gasteiger partial charge in [0.15, 0.2) is 0 Å². The van der Waals surface area contributed by atoms with E-state index < -0.39 is 15.9 Å². The maximum Gasteiger partial charge on any atom is 0.264 e. The lowest BCUT2D eigenvalue weighted by Gasteiger charge is -2.10. The van der Waals surface area contributed by atoms with Crippen LogP contribution in [0.5, 0.6) is 0 Å². The standard InChI is InChI=1S/C20H15N3O4S2/c21-19(24)16-9-5-4-8-15(16)17-18(13-10-11-28-12-13)22-27-20(17)23-29(25,26)14-6-2-1-3-7-14/h1-12,23H,(H2,21,24). The van der Waals surface area contributed by atoms with Crippen LogP contribution in [0.25, 0.3) is 22.4 Å². The van der Waals surface area contributed by atoms with Gasteiger partial charge in [0, 0.05) is 22.1 Å². The first-order valence-corrected chi connectivity index (χ1v) is 10.9. The van der Waals surface area contributed by atoms with Crippen molar-refractivity contribution in [1.29, 1.82) is 0 Å². The quantitative estimate of drug-likeness (QED) is 0.485. The smallest absolute Gasteiger partial charge is 0.264 e. The summed E-state index contributed by atoms with van der Waals surface area (Å²) in [7, 11) is -3.93. The van der Waals surface area contributed by atoms with E-state index in [-0.39, 0.29) is 16.3 Å². The number of nitrogens with one attached hydrogen (secondary N) is 1. The monoisotopic (exact) mass is 425 g/mol. The highest BCUT2D eigenvalue weighted by Crippen LogP contribution is 2.40. The molecule has 0 spiro atoms. The summed E-state index contributed by atoms with van der Waals surface area (Å²) in [6.45, 7) is 0. The molecular weight excluding hydrogens is 410 g/mol. The Balaban J connectivity index is 1.90. The number of nitrogens with two attached hydrogens (primary N) is 1. The SMILES string of the molecule is NC(=O)c1ccccc1-c1c(-c2ccsc2)noc1NS(=O)(=O)c1ccccc1. The van der Waals surface area contributed by atoms with E-state index in [4.69, 9.17) is 10.3 Å². The summed E-state index contributed by atoms with van der Waals surface area (Å²) in [6, 6.07) is 16.4. The van der Waals surface area contributed by atoms with Crippen LogP contribution >= 0.6 is 11.3 Å². The van der Waals surface area contributed by atoms with Crippen molar-refractivity contribution in [3.05, 3.63) is 77.0 Å². The van der Waals surface area contributed by atoms with Crippen molar-refractivity contribution in [2.75, 3.05) is 4.72 Å². The average molecular weight is 425 g/mol. The number of amides is 1. The van der Waals surface area contributed by atoms with Crippen molar-refractivity contribution < 1.29 is 17.7 Å². The molecule has 0 aliphatic heterocycles. The molecule has 0 aliphatic carbocycles. The second-order valence-electron chi connectivity index (χ2n) is 6.08. The molecule has 0 atom stereocenters. The Kier molecular flexibility index (Phi) is 4.91. The van der Waals surface area contributed by atoms with Crippen molar-refractivity contribution in [2.45, 2.75) is 4.90 Å². The fourth-order valence-electron chi connectivity index (χ4n) is 2.90. The first-order valence-electron chi connectivity index (χ1n) is 8.46. The van der Waals surface area contributed by atoms with Gasteiger partial charge in [-0.15, -0.1) is 0 Å². The van der Waals surface area contributed by atoms with Gasteiger partial charge in [-0.25, -0.2) is 13.1 Å². The van der Waals surface area contributed by atoms with E-state index in [1.54, 1.807) is 42.5 Å². The Labute approximate surface area is 170 Å². The summed E-state index contributed by atoms with van der Waals surface area (Å²) in [6.07, 6.45) is 0. The molecule has 0 saturated carbocycles. The molecule has 0 fully saturated rings. The predicted octanol–water partition coefficient (Wildman–Crippen LogP) is 3.97. The molecule has 0 radical (unpaired) electrons. The first kappa shape index (κ1) is 18.9. The average Bonchev–Trinajstić information content (AvgIpc) is 3.38. The molecule has 4 rings (SSSR count). The number of thiophene rings is 1. The third kappa shape index (κ3) is 3.65. The van der Waals surface area contributed by atoms with Gasteiger partial charge >= 0.3 is 0 Å². The number of carbonyl (C=O) groups excluding carboxylic acids is 1. The summed E-state index contributed by atoms with van der Waals surface area (Å²) in [5.41, 5.74) is 7.67. The van der Waals surface area contributed by atoms with Gasteiger partial charge in [-0.1, -0.05) is 41.6 Å². The minimum atomic E-state index is -3.93. The number of rotatable bonds is 6. The van der Waals surface area contributed by atoms with Crippen LogP contribution in [-0.2, 0) is 10.0 Å². The molecule has 0 unspecified atom stereocenters. The maximum absolute atomic E-state index is 12.8. The Bertz CT molecular complexity index is 1260. The second kappa shape index (κ2) is 7.53. The zero-order valence-corrected chi connectivity index (χ0v) is 16.5. The third-order valence-electron chi connectivity index (χ3n) is 4.23. The molecular formula is C20H15N3O4S2. The van der Waals surface area contributed by atoms with Gasteiger partial charge in [0.2, 0.25) is 11.8 Å². The van der Waals surface area contributed by atoms with Gasteiger partial charge in [-0.2, -0.15) is 11.3 Å². The van der Waals surface area contributed by atoms with E-state index in [1.807, 2.05) is 16.8 Å². The van der Waals surface area contributed by atoms with E-state index in [1.165, 1.54) is 23.5 Å². The highest BCUT2D eigenvalue weighted by atomic mass is 32.2. The zero-order chi connectivity index (χ0) is 20.4. The topological polar surface area (TPSA) is 115 Å². The molecule has 2 heterocycles. The third-order valence-corrected chi connectivity index (χ3v) is 6.26. The lowest BCUT2D eigenvalue weighted by atomic mass is 9.97. The van der Waals surface area contributed by atoms with Crippen molar-refractivity contribution in [3.63, 3.8) is 0 Å². The fourth-order valence-corrected chi connectivity index (χ4v) is 4.56.